The first-order valence-corrected chi connectivity index (χ1v) is 8.12. The highest BCUT2D eigenvalue weighted by atomic mass is 16.6. The number of nitrogens with two attached hydrogens (primary N) is 1. The van der Waals surface area contributed by atoms with Gasteiger partial charge in [0.25, 0.3) is 0 Å². The van der Waals surface area contributed by atoms with Gasteiger partial charge in [-0.2, -0.15) is 9.97 Å². The highest BCUT2D eigenvalue weighted by Crippen LogP contribution is 2.43. The highest BCUT2D eigenvalue weighted by molar-refractivity contribution is 5.78. The molecule has 1 fully saturated rings. The van der Waals surface area contributed by atoms with E-state index in [1.807, 2.05) is 0 Å². The number of rotatable bonds is 4. The number of ether oxygens (including phenoxy) is 2. The average molecular weight is 369 g/mol. The van der Waals surface area contributed by atoms with Gasteiger partial charge in [0.15, 0.2) is 17.4 Å². The third-order valence-corrected chi connectivity index (χ3v) is 4.47. The molecule has 144 valence electrons. The summed E-state index contributed by atoms with van der Waals surface area (Å²) in [6, 6.07) is 0. The fourth-order valence-corrected chi connectivity index (χ4v) is 3.43. The van der Waals surface area contributed by atoms with Crippen molar-refractivity contribution in [2.45, 2.75) is 64.3 Å². The average Bonchev–Trinajstić information content (AvgIpc) is 2.92. The lowest BCUT2D eigenvalue weighted by Crippen LogP contribution is -2.53. The second kappa shape index (κ2) is 6.02. The third kappa shape index (κ3) is 2.78. The Kier molecular flexibility index (Phi) is 3.74. The molecule has 1 aliphatic heterocycles. The molecule has 4 atom stereocenters. The van der Waals surface area contributed by atoms with E-state index >= 15 is 0 Å². The molecule has 0 radical (unpaired) electrons. The number of nitrogens with zero attached hydrogens (tertiary/aromatic N) is 4. The first-order chi connectivity index (χ1) is 12.6. The van der Waals surface area contributed by atoms with Crippen molar-refractivity contribution in [3.8, 4) is 5.88 Å². The minimum Gasteiger partial charge on any atom is -0.476 e. The predicted molar refractivity (Wildman–Crippen MR) is 92.5 cm³/mol. The van der Waals surface area contributed by atoms with E-state index < -0.39 is 36.2 Å². The lowest BCUT2D eigenvalue weighted by molar-refractivity contribution is -0.149. The predicted octanol–water partition coefficient (Wildman–Crippen LogP) is -0.104. The van der Waals surface area contributed by atoms with Crippen LogP contribution in [0.3, 0.4) is 0 Å². The van der Waals surface area contributed by atoms with Crippen molar-refractivity contribution < 1.29 is 27.5 Å². The summed E-state index contributed by atoms with van der Waals surface area (Å²) < 4.78 is 27.7. The molecule has 0 aromatic carbocycles. The minimum atomic E-state index is -2.04. The van der Waals surface area contributed by atoms with Crippen LogP contribution in [0.1, 0.15) is 42.5 Å². The van der Waals surface area contributed by atoms with Crippen molar-refractivity contribution >= 4 is 17.1 Å². The van der Waals surface area contributed by atoms with E-state index in [0.717, 1.165) is 0 Å². The monoisotopic (exact) mass is 369 g/mol. The molecule has 2 aromatic heterocycles. The Hall–Kier alpha value is -2.01. The van der Waals surface area contributed by atoms with Gasteiger partial charge in [-0.1, -0.05) is 0 Å². The SMILES string of the molecule is [2H]C([2H])(C)Oc1nc(N)nc2c1nc(C)n2[C@@H]1O[C@H](C(C)(C)O)[C@@](C)(O)[C@@H]1O. The zero-order valence-electron chi connectivity index (χ0n) is 17.3. The molecular weight excluding hydrogens is 342 g/mol. The van der Waals surface area contributed by atoms with Gasteiger partial charge in [0.2, 0.25) is 11.8 Å². The number of aryl methyl sites for hydroxylation is 1. The van der Waals surface area contributed by atoms with Gasteiger partial charge in [0.05, 0.1) is 14.9 Å². The molecule has 0 aliphatic carbocycles. The van der Waals surface area contributed by atoms with E-state index in [0.29, 0.717) is 5.82 Å². The fourth-order valence-electron chi connectivity index (χ4n) is 3.43. The molecule has 1 aliphatic rings. The summed E-state index contributed by atoms with van der Waals surface area (Å²) in [4.78, 5) is 12.3. The van der Waals surface area contributed by atoms with Crippen LogP contribution in [0.4, 0.5) is 5.95 Å². The van der Waals surface area contributed by atoms with Crippen LogP contribution in [-0.2, 0) is 4.74 Å². The van der Waals surface area contributed by atoms with Gasteiger partial charge in [-0.05, 0) is 34.6 Å². The fraction of sp³-hybridized carbons (Fsp3) is 0.688. The Morgan fingerprint density at radius 3 is 2.62 bits per heavy atom. The Bertz CT molecular complexity index is 905. The maximum atomic E-state index is 10.8. The molecule has 1 saturated heterocycles. The number of imidazole rings is 1. The number of nitrogen functional groups attached to an aromatic ring is 1. The zero-order chi connectivity index (χ0) is 21.2. The summed E-state index contributed by atoms with van der Waals surface area (Å²) in [5, 5.41) is 31.8. The molecule has 3 heterocycles. The molecule has 0 amide bonds. The van der Waals surface area contributed by atoms with Crippen LogP contribution in [-0.4, -0.2) is 64.8 Å². The van der Waals surface area contributed by atoms with Crippen molar-refractivity contribution in [3.63, 3.8) is 0 Å². The van der Waals surface area contributed by atoms with Crippen LogP contribution < -0.4 is 10.5 Å². The molecule has 0 spiro atoms. The zero-order valence-corrected chi connectivity index (χ0v) is 15.3. The Labute approximate surface area is 153 Å². The van der Waals surface area contributed by atoms with Crippen LogP contribution in [0.15, 0.2) is 0 Å². The number of hydrogen-bond acceptors (Lipinski definition) is 9. The second-order valence-electron chi connectivity index (χ2n) is 7.13. The van der Waals surface area contributed by atoms with Crippen molar-refractivity contribution in [3.05, 3.63) is 5.82 Å². The summed E-state index contributed by atoms with van der Waals surface area (Å²) in [5.41, 5.74) is 2.81. The van der Waals surface area contributed by atoms with Gasteiger partial charge < -0.3 is 30.5 Å². The molecule has 10 heteroatoms. The van der Waals surface area contributed by atoms with Gasteiger partial charge in [-0.25, -0.2) is 4.98 Å². The van der Waals surface area contributed by atoms with Crippen molar-refractivity contribution in [2.75, 3.05) is 12.3 Å². The molecule has 0 bridgehead atoms. The highest BCUT2D eigenvalue weighted by Gasteiger charge is 2.58. The maximum absolute atomic E-state index is 10.8. The quantitative estimate of drug-likeness (QED) is 0.579. The Balaban J connectivity index is 2.16. The van der Waals surface area contributed by atoms with Crippen LogP contribution in [0.5, 0.6) is 5.88 Å². The van der Waals surface area contributed by atoms with E-state index in [9.17, 15) is 15.3 Å². The van der Waals surface area contributed by atoms with E-state index in [2.05, 4.69) is 15.0 Å². The third-order valence-electron chi connectivity index (χ3n) is 4.47. The van der Waals surface area contributed by atoms with Gasteiger partial charge in [-0.15, -0.1) is 0 Å². The van der Waals surface area contributed by atoms with Gasteiger partial charge >= 0.3 is 0 Å². The van der Waals surface area contributed by atoms with Crippen LogP contribution in [0.2, 0.25) is 0 Å². The second-order valence-corrected chi connectivity index (χ2v) is 7.13. The summed E-state index contributed by atoms with van der Waals surface area (Å²) in [6.45, 7) is 5.09. The maximum Gasteiger partial charge on any atom is 0.247 e. The number of fused-ring (bicyclic) bond motifs is 1. The molecule has 26 heavy (non-hydrogen) atoms. The summed E-state index contributed by atoms with van der Waals surface area (Å²) >= 11 is 0. The lowest BCUT2D eigenvalue weighted by atomic mass is 9.85. The number of anilines is 1. The standard InChI is InChI=1S/C16H25N5O5/c1-6-25-11-8-10(19-14(17)20-11)21(7(2)18-8)12-9(22)16(5,24)13(26-12)15(3,4)23/h9,12-13,22-24H,6H2,1-5H3,(H2,17,19,20)/t9-,12-,13-,16+/m1/s1/i6D2. The summed E-state index contributed by atoms with van der Waals surface area (Å²) in [6.07, 6.45) is -3.65. The molecule has 10 nitrogen and oxygen atoms in total. The van der Waals surface area contributed by atoms with Crippen molar-refractivity contribution in [1.29, 1.82) is 0 Å². The number of aliphatic hydroxyl groups excluding tert-OH is 1. The van der Waals surface area contributed by atoms with Gasteiger partial charge in [0.1, 0.15) is 23.6 Å². The molecular formula is C16H25N5O5. The molecule has 0 unspecified atom stereocenters. The first-order valence-electron chi connectivity index (χ1n) is 9.12. The van der Waals surface area contributed by atoms with E-state index in [1.165, 1.54) is 32.3 Å². The van der Waals surface area contributed by atoms with E-state index in [-0.39, 0.29) is 23.0 Å². The van der Waals surface area contributed by atoms with Crippen LogP contribution in [0, 0.1) is 6.92 Å². The number of aromatic nitrogens is 4. The van der Waals surface area contributed by atoms with Crippen LogP contribution in [0.25, 0.3) is 11.2 Å². The van der Waals surface area contributed by atoms with Gasteiger partial charge in [-0.3, -0.25) is 4.57 Å². The molecule has 3 rings (SSSR count). The number of hydrogen-bond donors (Lipinski definition) is 4. The first kappa shape index (κ1) is 16.2. The van der Waals surface area contributed by atoms with E-state index in [1.54, 1.807) is 6.92 Å². The van der Waals surface area contributed by atoms with E-state index in [4.69, 9.17) is 17.9 Å². The molecule has 2 aromatic rings. The minimum absolute atomic E-state index is 0.125. The van der Waals surface area contributed by atoms with Crippen molar-refractivity contribution in [1.82, 2.24) is 19.5 Å². The van der Waals surface area contributed by atoms with Crippen LogP contribution >= 0.6 is 0 Å². The topological polar surface area (TPSA) is 149 Å². The number of aliphatic hydroxyl groups is 3. The largest absolute Gasteiger partial charge is 0.476 e. The summed E-state index contributed by atoms with van der Waals surface area (Å²) in [5.74, 6) is -0.00557. The normalized spacial score (nSPS) is 31.2. The van der Waals surface area contributed by atoms with Gasteiger partial charge in [0, 0.05) is 0 Å². The molecule has 0 saturated carbocycles. The lowest BCUT2D eigenvalue weighted by Gasteiger charge is -2.34. The molecule has 5 N–H and O–H groups in total. The smallest absolute Gasteiger partial charge is 0.247 e. The Morgan fingerprint density at radius 2 is 2.08 bits per heavy atom. The van der Waals surface area contributed by atoms with Crippen molar-refractivity contribution in [2.24, 2.45) is 0 Å². The summed E-state index contributed by atoms with van der Waals surface area (Å²) in [7, 11) is 0. The Morgan fingerprint density at radius 1 is 1.42 bits per heavy atom.